The van der Waals surface area contributed by atoms with Gasteiger partial charge >= 0.3 is 0 Å². The molecule has 1 unspecified atom stereocenters. The minimum absolute atomic E-state index is 0.0497. The minimum Gasteiger partial charge on any atom is -0.352 e. The van der Waals surface area contributed by atoms with Crippen molar-refractivity contribution >= 4 is 17.7 Å². The van der Waals surface area contributed by atoms with Gasteiger partial charge in [-0.3, -0.25) is 9.69 Å². The lowest BCUT2D eigenvalue weighted by atomic mass is 10.0. The maximum atomic E-state index is 12.4. The van der Waals surface area contributed by atoms with Gasteiger partial charge in [0.1, 0.15) is 0 Å². The van der Waals surface area contributed by atoms with E-state index in [1.54, 1.807) is 16.7 Å². The van der Waals surface area contributed by atoms with Crippen LogP contribution < -0.4 is 5.32 Å². The van der Waals surface area contributed by atoms with E-state index < -0.39 is 6.43 Å². The summed E-state index contributed by atoms with van der Waals surface area (Å²) in [4.78, 5) is 15.3. The Morgan fingerprint density at radius 3 is 2.52 bits per heavy atom. The first-order valence-corrected chi connectivity index (χ1v) is 8.99. The van der Waals surface area contributed by atoms with Gasteiger partial charge in [0.25, 0.3) is 6.43 Å². The van der Waals surface area contributed by atoms with Gasteiger partial charge in [-0.15, -0.1) is 11.8 Å². The van der Waals surface area contributed by atoms with Crippen molar-refractivity contribution in [3.05, 3.63) is 30.3 Å². The highest BCUT2D eigenvalue weighted by atomic mass is 32.2. The predicted octanol–water partition coefficient (Wildman–Crippen LogP) is 3.40. The molecule has 23 heavy (non-hydrogen) atoms. The van der Waals surface area contributed by atoms with Crippen LogP contribution in [0, 0.1) is 0 Å². The number of nitrogens with one attached hydrogen (secondary N) is 1. The third-order valence-corrected chi connectivity index (χ3v) is 5.39. The number of nitrogens with zero attached hydrogens (tertiary/aromatic N) is 1. The molecule has 1 aromatic carbocycles. The minimum atomic E-state index is -2.28. The van der Waals surface area contributed by atoms with Gasteiger partial charge in [-0.05, 0) is 31.4 Å². The number of rotatable bonds is 7. The van der Waals surface area contributed by atoms with Gasteiger partial charge in [-0.2, -0.15) is 0 Å². The molecule has 1 saturated heterocycles. The number of amides is 1. The van der Waals surface area contributed by atoms with Crippen LogP contribution in [0.4, 0.5) is 8.78 Å². The Morgan fingerprint density at radius 1 is 1.30 bits per heavy atom. The fourth-order valence-electron chi connectivity index (χ4n) is 2.73. The average molecular weight is 342 g/mol. The van der Waals surface area contributed by atoms with Crippen LogP contribution in [-0.2, 0) is 4.79 Å². The summed E-state index contributed by atoms with van der Waals surface area (Å²) in [6.45, 7) is 3.09. The second-order valence-electron chi connectivity index (χ2n) is 5.80. The Balaban J connectivity index is 1.79. The first-order valence-electron chi connectivity index (χ1n) is 8.11. The third-order valence-electron chi connectivity index (χ3n) is 4.01. The van der Waals surface area contributed by atoms with Gasteiger partial charge in [0.15, 0.2) is 0 Å². The number of carbonyl (C=O) groups is 1. The van der Waals surface area contributed by atoms with Gasteiger partial charge in [-0.1, -0.05) is 25.1 Å². The number of likely N-dealkylation sites (tertiary alicyclic amines) is 1. The Kier molecular flexibility index (Phi) is 7.30. The lowest BCUT2D eigenvalue weighted by Crippen LogP contribution is -2.47. The summed E-state index contributed by atoms with van der Waals surface area (Å²) in [5.74, 6) is 0.0497. The van der Waals surface area contributed by atoms with Crippen LogP contribution in [-0.4, -0.2) is 48.2 Å². The molecule has 0 aromatic heterocycles. The molecule has 2 rings (SSSR count). The van der Waals surface area contributed by atoms with E-state index in [9.17, 15) is 13.6 Å². The van der Waals surface area contributed by atoms with Crippen molar-refractivity contribution < 1.29 is 13.6 Å². The van der Waals surface area contributed by atoms with Crippen LogP contribution in [0.15, 0.2) is 35.2 Å². The number of hydrogen-bond acceptors (Lipinski definition) is 3. The molecule has 0 radical (unpaired) electrons. The number of carbonyl (C=O) groups excluding carboxylic acids is 1. The molecule has 1 aliphatic rings. The van der Waals surface area contributed by atoms with Crippen molar-refractivity contribution in [3.63, 3.8) is 0 Å². The van der Waals surface area contributed by atoms with Crippen LogP contribution in [0.1, 0.15) is 26.2 Å². The van der Waals surface area contributed by atoms with E-state index in [-0.39, 0.29) is 23.7 Å². The molecule has 3 nitrogen and oxygen atoms in total. The lowest BCUT2D eigenvalue weighted by molar-refractivity contribution is -0.121. The number of benzene rings is 1. The van der Waals surface area contributed by atoms with Gasteiger partial charge in [0.05, 0.1) is 11.8 Å². The molecule has 128 valence electrons. The van der Waals surface area contributed by atoms with Crippen molar-refractivity contribution in [2.75, 3.05) is 19.6 Å². The third kappa shape index (κ3) is 6.11. The molecule has 1 fully saturated rings. The predicted molar refractivity (Wildman–Crippen MR) is 90.0 cm³/mol. The van der Waals surface area contributed by atoms with E-state index in [1.165, 1.54) is 0 Å². The van der Waals surface area contributed by atoms with Crippen molar-refractivity contribution in [2.24, 2.45) is 0 Å². The van der Waals surface area contributed by atoms with E-state index in [2.05, 4.69) is 5.32 Å². The smallest absolute Gasteiger partial charge is 0.251 e. The number of alkyl halides is 2. The van der Waals surface area contributed by atoms with Gasteiger partial charge in [-0.25, -0.2) is 8.78 Å². The van der Waals surface area contributed by atoms with Crippen molar-refractivity contribution in [3.8, 4) is 0 Å². The molecule has 6 heteroatoms. The zero-order chi connectivity index (χ0) is 16.7. The second kappa shape index (κ2) is 9.23. The molecule has 0 aliphatic carbocycles. The Hall–Kier alpha value is -1.14. The van der Waals surface area contributed by atoms with Crippen LogP contribution in [0.25, 0.3) is 0 Å². The highest BCUT2D eigenvalue weighted by Gasteiger charge is 2.25. The van der Waals surface area contributed by atoms with Gasteiger partial charge < -0.3 is 5.32 Å². The fourth-order valence-corrected chi connectivity index (χ4v) is 3.72. The van der Waals surface area contributed by atoms with Crippen molar-refractivity contribution in [1.82, 2.24) is 10.2 Å². The number of halogens is 2. The zero-order valence-electron chi connectivity index (χ0n) is 13.4. The highest BCUT2D eigenvalue weighted by molar-refractivity contribution is 8.00. The quantitative estimate of drug-likeness (QED) is 0.771. The van der Waals surface area contributed by atoms with Crippen LogP contribution in [0.5, 0.6) is 0 Å². The summed E-state index contributed by atoms with van der Waals surface area (Å²) in [5, 5.41) is 2.98. The summed E-state index contributed by atoms with van der Waals surface area (Å²) >= 11 is 1.57. The molecular formula is C17H24F2N2OS. The summed E-state index contributed by atoms with van der Waals surface area (Å²) in [6, 6.07) is 9.99. The fraction of sp³-hybridized carbons (Fsp3) is 0.588. The maximum Gasteiger partial charge on any atom is 0.251 e. The van der Waals surface area contributed by atoms with Crippen molar-refractivity contribution in [1.29, 1.82) is 0 Å². The number of hydrogen-bond donors (Lipinski definition) is 1. The van der Waals surface area contributed by atoms with E-state index in [1.807, 2.05) is 37.3 Å². The van der Waals surface area contributed by atoms with Gasteiger partial charge in [0.2, 0.25) is 5.91 Å². The van der Waals surface area contributed by atoms with Crippen LogP contribution in [0.3, 0.4) is 0 Å². The SMILES string of the molecule is CCC(Sc1ccccc1)C(=O)NC1CCN(CC(F)F)CC1. The van der Waals surface area contributed by atoms with Crippen molar-refractivity contribution in [2.45, 2.75) is 48.8 Å². The first-order chi connectivity index (χ1) is 11.1. The molecule has 1 amide bonds. The van der Waals surface area contributed by atoms with E-state index in [4.69, 9.17) is 0 Å². The largest absolute Gasteiger partial charge is 0.352 e. The van der Waals surface area contributed by atoms with Gasteiger partial charge in [0, 0.05) is 24.0 Å². The monoisotopic (exact) mass is 342 g/mol. The average Bonchev–Trinajstić information content (AvgIpc) is 2.55. The molecular weight excluding hydrogens is 318 g/mol. The number of piperidine rings is 1. The molecule has 0 saturated carbocycles. The highest BCUT2D eigenvalue weighted by Crippen LogP contribution is 2.25. The lowest BCUT2D eigenvalue weighted by Gasteiger charge is -2.32. The summed E-state index contributed by atoms with van der Waals surface area (Å²) in [7, 11) is 0. The first kappa shape index (κ1) is 18.2. The molecule has 1 aliphatic heterocycles. The van der Waals surface area contributed by atoms with E-state index in [0.29, 0.717) is 13.1 Å². The van der Waals surface area contributed by atoms with Crippen LogP contribution in [0.2, 0.25) is 0 Å². The Labute approximate surface area is 140 Å². The Bertz CT molecular complexity index is 479. The van der Waals surface area contributed by atoms with E-state index in [0.717, 1.165) is 24.2 Å². The Morgan fingerprint density at radius 2 is 1.96 bits per heavy atom. The summed E-state index contributed by atoms with van der Waals surface area (Å²) < 4.78 is 24.7. The molecule has 0 bridgehead atoms. The normalized spacial score (nSPS) is 18.1. The molecule has 0 spiro atoms. The molecule has 1 N–H and O–H groups in total. The zero-order valence-corrected chi connectivity index (χ0v) is 14.2. The summed E-state index contributed by atoms with van der Waals surface area (Å²) in [5.41, 5.74) is 0. The van der Waals surface area contributed by atoms with Crippen LogP contribution >= 0.6 is 11.8 Å². The summed E-state index contributed by atoms with van der Waals surface area (Å²) in [6.07, 6.45) is -0.0429. The topological polar surface area (TPSA) is 32.3 Å². The second-order valence-corrected chi connectivity index (χ2v) is 7.08. The maximum absolute atomic E-state index is 12.4. The number of thioether (sulfide) groups is 1. The molecule has 1 atom stereocenters. The molecule has 1 heterocycles. The standard InChI is InChI=1S/C17H24F2N2OS/c1-2-15(23-14-6-4-3-5-7-14)17(22)20-13-8-10-21(11-9-13)12-16(18)19/h3-7,13,15-16H,2,8-12H2,1H3,(H,20,22). The molecule has 1 aromatic rings. The van der Waals surface area contributed by atoms with E-state index >= 15 is 0 Å².